The van der Waals surface area contributed by atoms with Gasteiger partial charge in [0.05, 0.1) is 12.7 Å². The van der Waals surface area contributed by atoms with Gasteiger partial charge in [0.25, 0.3) is 0 Å². The summed E-state index contributed by atoms with van der Waals surface area (Å²) < 4.78 is 11.3. The molecule has 19 heavy (non-hydrogen) atoms. The van der Waals surface area contributed by atoms with E-state index in [2.05, 4.69) is 4.90 Å². The van der Waals surface area contributed by atoms with Crippen molar-refractivity contribution in [1.82, 2.24) is 4.90 Å². The first kappa shape index (κ1) is 14.6. The fourth-order valence-corrected chi connectivity index (χ4v) is 2.20. The molecule has 1 saturated heterocycles. The maximum absolute atomic E-state index is 5.87. The third-order valence-electron chi connectivity index (χ3n) is 3.25. The van der Waals surface area contributed by atoms with Crippen molar-refractivity contribution in [3.05, 3.63) is 29.3 Å². The Morgan fingerprint density at radius 1 is 1.47 bits per heavy atom. The molecular formula is C14H21ClN2O2. The first-order valence-corrected chi connectivity index (χ1v) is 7.01. The normalized spacial score (nSPS) is 22.2. The molecule has 1 heterocycles. The van der Waals surface area contributed by atoms with E-state index >= 15 is 0 Å². The quantitative estimate of drug-likeness (QED) is 0.895. The molecule has 2 atom stereocenters. The number of rotatable bonds is 5. The number of hydrogen-bond acceptors (Lipinski definition) is 4. The number of nitrogens with zero attached hydrogens (tertiary/aromatic N) is 1. The fraction of sp³-hybridized carbons (Fsp3) is 0.571. The van der Waals surface area contributed by atoms with Gasteiger partial charge in [0.1, 0.15) is 12.4 Å². The summed E-state index contributed by atoms with van der Waals surface area (Å²) in [7, 11) is 0. The van der Waals surface area contributed by atoms with E-state index in [1.807, 2.05) is 31.2 Å². The summed E-state index contributed by atoms with van der Waals surface area (Å²) in [6.07, 6.45) is 0.129. The lowest BCUT2D eigenvalue weighted by molar-refractivity contribution is -0.0402. The molecule has 1 aromatic rings. The van der Waals surface area contributed by atoms with Crippen molar-refractivity contribution in [1.29, 1.82) is 0 Å². The molecular weight excluding hydrogens is 264 g/mol. The lowest BCUT2D eigenvalue weighted by Crippen LogP contribution is -2.50. The van der Waals surface area contributed by atoms with Crippen LogP contribution < -0.4 is 10.5 Å². The first-order chi connectivity index (χ1) is 9.15. The predicted molar refractivity (Wildman–Crippen MR) is 76.8 cm³/mol. The van der Waals surface area contributed by atoms with Gasteiger partial charge in [0.2, 0.25) is 0 Å². The minimum atomic E-state index is 0.0694. The number of ether oxygens (including phenoxy) is 2. The summed E-state index contributed by atoms with van der Waals surface area (Å²) in [6.45, 7) is 6.09. The smallest absolute Gasteiger partial charge is 0.119 e. The van der Waals surface area contributed by atoms with E-state index in [4.69, 9.17) is 26.8 Å². The summed E-state index contributed by atoms with van der Waals surface area (Å²) in [5.74, 6) is 0.849. The Kier molecular flexibility index (Phi) is 5.45. The van der Waals surface area contributed by atoms with Crippen LogP contribution in [0.4, 0.5) is 0 Å². The van der Waals surface area contributed by atoms with E-state index < -0.39 is 0 Å². The molecule has 1 fully saturated rings. The molecule has 0 bridgehead atoms. The molecule has 0 amide bonds. The lowest BCUT2D eigenvalue weighted by atomic mass is 10.1. The summed E-state index contributed by atoms with van der Waals surface area (Å²) in [6, 6.07) is 7.49. The molecule has 1 aromatic carbocycles. The largest absolute Gasteiger partial charge is 0.492 e. The highest BCUT2D eigenvalue weighted by molar-refractivity contribution is 6.30. The third kappa shape index (κ3) is 4.66. The van der Waals surface area contributed by atoms with Crippen LogP contribution in [0, 0.1) is 0 Å². The zero-order valence-corrected chi connectivity index (χ0v) is 12.0. The molecule has 5 heteroatoms. The number of morpholine rings is 1. The highest BCUT2D eigenvalue weighted by Gasteiger charge is 2.22. The number of benzene rings is 1. The van der Waals surface area contributed by atoms with Crippen LogP contribution in [0.15, 0.2) is 24.3 Å². The molecule has 0 aliphatic carbocycles. The first-order valence-electron chi connectivity index (χ1n) is 6.63. The zero-order chi connectivity index (χ0) is 13.7. The van der Waals surface area contributed by atoms with Crippen LogP contribution >= 0.6 is 11.6 Å². The Bertz CT molecular complexity index is 384. The Labute approximate surface area is 119 Å². The van der Waals surface area contributed by atoms with Gasteiger partial charge in [0.15, 0.2) is 0 Å². The molecule has 106 valence electrons. The molecule has 1 aliphatic rings. The summed E-state index contributed by atoms with van der Waals surface area (Å²) in [5.41, 5.74) is 5.87. The lowest BCUT2D eigenvalue weighted by Gasteiger charge is -2.34. The van der Waals surface area contributed by atoms with Crippen LogP contribution in [0.25, 0.3) is 0 Å². The van der Waals surface area contributed by atoms with Gasteiger partial charge in [-0.3, -0.25) is 4.90 Å². The van der Waals surface area contributed by atoms with Crippen molar-refractivity contribution in [2.75, 3.05) is 32.8 Å². The van der Waals surface area contributed by atoms with Crippen LogP contribution in [0.5, 0.6) is 5.75 Å². The maximum Gasteiger partial charge on any atom is 0.119 e. The monoisotopic (exact) mass is 284 g/mol. The van der Waals surface area contributed by atoms with E-state index in [1.165, 1.54) is 0 Å². The highest BCUT2D eigenvalue weighted by Crippen LogP contribution is 2.15. The summed E-state index contributed by atoms with van der Waals surface area (Å²) >= 11 is 5.82. The molecule has 0 saturated carbocycles. The van der Waals surface area contributed by atoms with Crippen LogP contribution in [-0.4, -0.2) is 49.9 Å². The van der Waals surface area contributed by atoms with Crippen LogP contribution in [-0.2, 0) is 4.74 Å². The number of halogens is 1. The Morgan fingerprint density at radius 3 is 2.89 bits per heavy atom. The van der Waals surface area contributed by atoms with Gasteiger partial charge in [0, 0.05) is 30.7 Å². The zero-order valence-electron chi connectivity index (χ0n) is 11.2. The van der Waals surface area contributed by atoms with E-state index in [0.29, 0.717) is 6.61 Å². The molecule has 4 nitrogen and oxygen atoms in total. The van der Waals surface area contributed by atoms with Crippen LogP contribution in [0.2, 0.25) is 5.02 Å². The van der Waals surface area contributed by atoms with Crippen LogP contribution in [0.1, 0.15) is 6.92 Å². The summed E-state index contributed by atoms with van der Waals surface area (Å²) in [4.78, 5) is 2.33. The number of nitrogens with two attached hydrogens (primary N) is 1. The second-order valence-corrected chi connectivity index (χ2v) is 5.31. The van der Waals surface area contributed by atoms with Crippen molar-refractivity contribution < 1.29 is 9.47 Å². The second kappa shape index (κ2) is 7.10. The van der Waals surface area contributed by atoms with Gasteiger partial charge in [-0.15, -0.1) is 0 Å². The Balaban J connectivity index is 1.72. The van der Waals surface area contributed by atoms with Gasteiger partial charge in [-0.05, 0) is 31.2 Å². The molecule has 1 aliphatic heterocycles. The Hall–Kier alpha value is -0.810. The van der Waals surface area contributed by atoms with E-state index in [0.717, 1.165) is 37.0 Å². The van der Waals surface area contributed by atoms with E-state index in [1.54, 1.807) is 0 Å². The summed E-state index contributed by atoms with van der Waals surface area (Å²) in [5, 5.41) is 0.723. The molecule has 2 unspecified atom stereocenters. The standard InChI is InChI=1S/C14H21ClN2O2/c1-11(16)14-10-17(7-9-19-14)6-8-18-13-4-2-12(15)3-5-13/h2-5,11,14H,6-10,16H2,1H3. The van der Waals surface area contributed by atoms with Gasteiger partial charge in [-0.1, -0.05) is 11.6 Å². The van der Waals surface area contributed by atoms with Crippen molar-refractivity contribution in [2.45, 2.75) is 19.1 Å². The molecule has 0 spiro atoms. The third-order valence-corrected chi connectivity index (χ3v) is 3.51. The Morgan fingerprint density at radius 2 is 2.21 bits per heavy atom. The average Bonchev–Trinajstić information content (AvgIpc) is 2.41. The van der Waals surface area contributed by atoms with Crippen molar-refractivity contribution in [3.63, 3.8) is 0 Å². The molecule has 2 N–H and O–H groups in total. The topological polar surface area (TPSA) is 47.7 Å². The van der Waals surface area contributed by atoms with Crippen LogP contribution in [0.3, 0.4) is 0 Å². The van der Waals surface area contributed by atoms with Gasteiger partial charge in [-0.25, -0.2) is 0 Å². The van der Waals surface area contributed by atoms with Crippen molar-refractivity contribution >= 4 is 11.6 Å². The SMILES string of the molecule is CC(N)C1CN(CCOc2ccc(Cl)cc2)CCO1. The predicted octanol–water partition coefficient (Wildman–Crippen LogP) is 1.77. The average molecular weight is 285 g/mol. The maximum atomic E-state index is 5.87. The molecule has 0 radical (unpaired) electrons. The second-order valence-electron chi connectivity index (χ2n) is 4.87. The van der Waals surface area contributed by atoms with E-state index in [9.17, 15) is 0 Å². The fourth-order valence-electron chi connectivity index (χ4n) is 2.08. The van der Waals surface area contributed by atoms with E-state index in [-0.39, 0.29) is 12.1 Å². The molecule has 0 aromatic heterocycles. The van der Waals surface area contributed by atoms with Gasteiger partial charge < -0.3 is 15.2 Å². The minimum Gasteiger partial charge on any atom is -0.492 e. The minimum absolute atomic E-state index is 0.0694. The van der Waals surface area contributed by atoms with Gasteiger partial charge in [-0.2, -0.15) is 0 Å². The van der Waals surface area contributed by atoms with Gasteiger partial charge >= 0.3 is 0 Å². The molecule has 2 rings (SSSR count). The van der Waals surface area contributed by atoms with Crippen molar-refractivity contribution in [2.24, 2.45) is 5.73 Å². The van der Waals surface area contributed by atoms with Crippen molar-refractivity contribution in [3.8, 4) is 5.75 Å². The highest BCUT2D eigenvalue weighted by atomic mass is 35.5. The number of hydrogen-bond donors (Lipinski definition) is 1.